The van der Waals surface area contributed by atoms with Gasteiger partial charge in [-0.05, 0) is 77.9 Å². The van der Waals surface area contributed by atoms with Crippen LogP contribution in [0.1, 0.15) is 47.3 Å². The lowest BCUT2D eigenvalue weighted by Gasteiger charge is -2.32. The number of nitrogens with zero attached hydrogens (tertiary/aromatic N) is 3. The molecule has 6 nitrogen and oxygen atoms in total. The molecule has 1 fully saturated rings. The molecule has 3 atom stereocenters. The van der Waals surface area contributed by atoms with E-state index in [2.05, 4.69) is 13.0 Å². The van der Waals surface area contributed by atoms with E-state index in [0.717, 1.165) is 35.3 Å². The van der Waals surface area contributed by atoms with E-state index < -0.39 is 10.8 Å². The number of carbonyl (C=O) groups excluding carboxylic acids is 1. The van der Waals surface area contributed by atoms with Gasteiger partial charge in [-0.3, -0.25) is 14.9 Å². The second-order valence-electron chi connectivity index (χ2n) is 9.43. The number of allylic oxidation sites excluding steroid dienone is 1. The van der Waals surface area contributed by atoms with Crippen LogP contribution in [0, 0.1) is 22.0 Å². The van der Waals surface area contributed by atoms with Crippen LogP contribution in [0.4, 0.5) is 5.69 Å². The van der Waals surface area contributed by atoms with Crippen molar-refractivity contribution in [2.45, 2.75) is 25.8 Å². The van der Waals surface area contributed by atoms with Gasteiger partial charge in [0, 0.05) is 27.6 Å². The summed E-state index contributed by atoms with van der Waals surface area (Å²) in [5, 5.41) is 19.0. The number of hydrogen-bond donors (Lipinski definition) is 0. The summed E-state index contributed by atoms with van der Waals surface area (Å²) in [5.41, 5.74) is 3.62. The number of nitro groups is 1. The first-order chi connectivity index (χ1) is 17.7. The number of hydrogen-bond acceptors (Lipinski definition) is 4. The smallest absolute Gasteiger partial charge is 0.267 e. The topological polar surface area (TPSA) is 75.8 Å². The van der Waals surface area contributed by atoms with Gasteiger partial charge in [0.15, 0.2) is 0 Å². The third kappa shape index (κ3) is 5.14. The molecule has 5 rings (SSSR count). The Morgan fingerprint density at radius 1 is 1.03 bits per heavy atom. The quantitative estimate of drug-likeness (QED) is 0.241. The van der Waals surface area contributed by atoms with Crippen LogP contribution < -0.4 is 0 Å². The highest BCUT2D eigenvalue weighted by atomic mass is 35.5. The minimum absolute atomic E-state index is 0.0285. The fourth-order valence-corrected chi connectivity index (χ4v) is 5.57. The zero-order valence-electron chi connectivity index (χ0n) is 19.8. The maximum atomic E-state index is 13.8. The van der Waals surface area contributed by atoms with Crippen molar-refractivity contribution in [1.82, 2.24) is 5.01 Å². The molecule has 1 saturated carbocycles. The molecule has 2 aliphatic rings. The van der Waals surface area contributed by atoms with Crippen LogP contribution >= 0.6 is 34.8 Å². The number of fused-ring (bicyclic) bond motifs is 1. The molecule has 1 heterocycles. The average molecular weight is 555 g/mol. The lowest BCUT2D eigenvalue weighted by Crippen LogP contribution is -2.33. The molecular formula is C28H22Cl3N3O3. The Kier molecular flexibility index (Phi) is 7.08. The normalized spacial score (nSPS) is 22.1. The van der Waals surface area contributed by atoms with Crippen LogP contribution in [0.2, 0.25) is 15.1 Å². The fourth-order valence-electron chi connectivity index (χ4n) is 5.13. The van der Waals surface area contributed by atoms with Gasteiger partial charge < -0.3 is 0 Å². The third-order valence-electron chi connectivity index (χ3n) is 6.79. The van der Waals surface area contributed by atoms with E-state index in [9.17, 15) is 14.9 Å². The third-order valence-corrected chi connectivity index (χ3v) is 7.61. The molecule has 3 aromatic rings. The molecule has 0 saturated heterocycles. The maximum Gasteiger partial charge on any atom is 0.288 e. The summed E-state index contributed by atoms with van der Waals surface area (Å²) >= 11 is 18.2. The van der Waals surface area contributed by atoms with Gasteiger partial charge in [0.1, 0.15) is 5.02 Å². The van der Waals surface area contributed by atoms with Gasteiger partial charge >= 0.3 is 0 Å². The van der Waals surface area contributed by atoms with Crippen LogP contribution in [-0.2, 0) is 0 Å². The van der Waals surface area contributed by atoms with Crippen molar-refractivity contribution in [3.05, 3.63) is 114 Å². The van der Waals surface area contributed by atoms with Crippen LogP contribution in [0.3, 0.4) is 0 Å². The van der Waals surface area contributed by atoms with E-state index in [1.54, 1.807) is 12.1 Å². The van der Waals surface area contributed by atoms with Crippen LogP contribution in [0.15, 0.2) is 77.4 Å². The molecule has 1 aliphatic heterocycles. The van der Waals surface area contributed by atoms with E-state index in [-0.39, 0.29) is 28.2 Å². The van der Waals surface area contributed by atoms with E-state index in [0.29, 0.717) is 16.0 Å². The number of carbonyl (C=O) groups is 1. The van der Waals surface area contributed by atoms with Gasteiger partial charge in [-0.1, -0.05) is 66.0 Å². The zero-order valence-corrected chi connectivity index (χ0v) is 22.0. The molecule has 0 unspecified atom stereocenters. The molecule has 0 aromatic heterocycles. The molecule has 0 radical (unpaired) electrons. The Morgan fingerprint density at radius 2 is 1.68 bits per heavy atom. The molecule has 37 heavy (non-hydrogen) atoms. The maximum absolute atomic E-state index is 13.8. The molecule has 9 heteroatoms. The molecule has 1 amide bonds. The van der Waals surface area contributed by atoms with Gasteiger partial charge in [0.2, 0.25) is 0 Å². The molecule has 0 spiro atoms. The van der Waals surface area contributed by atoms with Gasteiger partial charge in [0.05, 0.1) is 16.7 Å². The first kappa shape index (κ1) is 25.5. The molecule has 0 N–H and O–H groups in total. The van der Waals surface area contributed by atoms with Crippen molar-refractivity contribution in [2.24, 2.45) is 16.9 Å². The van der Waals surface area contributed by atoms with Crippen molar-refractivity contribution in [3.8, 4) is 0 Å². The molecule has 3 aromatic carbocycles. The molecule has 0 bridgehead atoms. The Morgan fingerprint density at radius 3 is 2.32 bits per heavy atom. The zero-order chi connectivity index (χ0) is 26.3. The van der Waals surface area contributed by atoms with E-state index in [1.165, 1.54) is 23.2 Å². The number of nitro benzene ring substituents is 1. The average Bonchev–Trinajstić information content (AvgIpc) is 3.25. The highest BCUT2D eigenvalue weighted by Crippen LogP contribution is 2.47. The molecule has 1 aliphatic carbocycles. The van der Waals surface area contributed by atoms with Crippen LogP contribution in [0.5, 0.6) is 0 Å². The van der Waals surface area contributed by atoms with Gasteiger partial charge in [0.25, 0.3) is 11.6 Å². The predicted octanol–water partition coefficient (Wildman–Crippen LogP) is 8.24. The largest absolute Gasteiger partial charge is 0.288 e. The van der Waals surface area contributed by atoms with Gasteiger partial charge in [-0.25, -0.2) is 5.01 Å². The number of amides is 1. The predicted molar refractivity (Wildman–Crippen MR) is 147 cm³/mol. The summed E-state index contributed by atoms with van der Waals surface area (Å²) in [6.45, 7) is 2.19. The van der Waals surface area contributed by atoms with Crippen molar-refractivity contribution >= 4 is 58.2 Å². The number of benzene rings is 3. The molecule has 188 valence electrons. The highest BCUT2D eigenvalue weighted by Gasteiger charge is 2.45. The molecular weight excluding hydrogens is 533 g/mol. The summed E-state index contributed by atoms with van der Waals surface area (Å²) in [4.78, 5) is 24.7. The van der Waals surface area contributed by atoms with E-state index in [4.69, 9.17) is 39.9 Å². The SMILES string of the molecule is C[C@@H]1C/C(=C\c2ccc(Cl)cc2)C2=NN(C(=O)c3ccc(Cl)c([N+](=O)[O-])c3)[C@@H](c3ccc(Cl)cc3)[C@@H]2C1. The summed E-state index contributed by atoms with van der Waals surface area (Å²) in [6, 6.07) is 18.7. The Balaban J connectivity index is 1.61. The Bertz CT molecular complexity index is 1440. The second-order valence-corrected chi connectivity index (χ2v) is 10.7. The minimum atomic E-state index is -0.597. The van der Waals surface area contributed by atoms with E-state index in [1.807, 2.05) is 36.4 Å². The number of rotatable bonds is 4. The standard InChI is InChI=1S/C28H22Cl3N3O3/c1-16-12-20(14-17-2-7-21(29)8-3-17)26-23(13-16)27(18-4-9-22(30)10-5-18)33(32-26)28(35)19-6-11-24(31)25(15-19)34(36)37/h2-11,14-16,23,27H,12-13H2,1H3/b20-14+/t16-,23-,27+/m1/s1. The van der Waals surface area contributed by atoms with Crippen molar-refractivity contribution in [3.63, 3.8) is 0 Å². The first-order valence-corrected chi connectivity index (χ1v) is 12.9. The lowest BCUT2D eigenvalue weighted by molar-refractivity contribution is -0.384. The fraction of sp³-hybridized carbons (Fsp3) is 0.214. The van der Waals surface area contributed by atoms with Crippen molar-refractivity contribution < 1.29 is 9.72 Å². The van der Waals surface area contributed by atoms with Crippen molar-refractivity contribution in [2.75, 3.05) is 0 Å². The summed E-state index contributed by atoms with van der Waals surface area (Å²) in [7, 11) is 0. The van der Waals surface area contributed by atoms with Crippen LogP contribution in [0.25, 0.3) is 6.08 Å². The van der Waals surface area contributed by atoms with Crippen molar-refractivity contribution in [1.29, 1.82) is 0 Å². The van der Waals surface area contributed by atoms with E-state index >= 15 is 0 Å². The van der Waals surface area contributed by atoms with Gasteiger partial charge in [-0.2, -0.15) is 5.10 Å². The number of halogens is 3. The Hall–Kier alpha value is -3.19. The minimum Gasteiger partial charge on any atom is -0.267 e. The first-order valence-electron chi connectivity index (χ1n) is 11.8. The summed E-state index contributed by atoms with van der Waals surface area (Å²) < 4.78 is 0. The monoisotopic (exact) mass is 553 g/mol. The lowest BCUT2D eigenvalue weighted by atomic mass is 9.73. The highest BCUT2D eigenvalue weighted by molar-refractivity contribution is 6.32. The van der Waals surface area contributed by atoms with Crippen LogP contribution in [-0.4, -0.2) is 21.6 Å². The number of hydrazone groups is 1. The Labute approximate surface area is 229 Å². The second kappa shape index (κ2) is 10.3. The van der Waals surface area contributed by atoms with Gasteiger partial charge in [-0.15, -0.1) is 0 Å². The summed E-state index contributed by atoms with van der Waals surface area (Å²) in [6.07, 6.45) is 3.76. The summed E-state index contributed by atoms with van der Waals surface area (Å²) in [5.74, 6) is -0.112.